The number of fused-ring (bicyclic) bond motifs is 3. The Morgan fingerprint density at radius 3 is 3.06 bits per heavy atom. The fraction of sp³-hybridized carbons (Fsp3) is 0.333. The van der Waals surface area contributed by atoms with E-state index in [1.807, 2.05) is 11.8 Å². The lowest BCUT2D eigenvalue weighted by Gasteiger charge is -2.21. The highest BCUT2D eigenvalue weighted by atomic mass is 79.9. The van der Waals surface area contributed by atoms with Gasteiger partial charge >= 0.3 is 0 Å². The summed E-state index contributed by atoms with van der Waals surface area (Å²) in [5.41, 5.74) is 2.55. The Morgan fingerprint density at radius 1 is 1.41 bits per heavy atom. The molecule has 0 fully saturated rings. The predicted octanol–water partition coefficient (Wildman–Crippen LogP) is 3.33. The van der Waals surface area contributed by atoms with Crippen LogP contribution >= 0.6 is 43.6 Å². The van der Waals surface area contributed by atoms with Gasteiger partial charge in [-0.1, -0.05) is 34.6 Å². The average Bonchev–Trinajstić information content (AvgIpc) is 2.70. The monoisotopic (exact) mass is 375 g/mol. The standard InChI is InChI=1S/C12H12Br2N2S/c1-7-6-15-11-9(14)4-8(13)5-10(11)16-2-3-17-12(7)16/h2-5,7,12,15H,6H2,1H3/p+1. The summed E-state index contributed by atoms with van der Waals surface area (Å²) in [6.45, 7) is 3.34. The zero-order valence-electron chi connectivity index (χ0n) is 9.34. The van der Waals surface area contributed by atoms with Crippen molar-refractivity contribution in [2.24, 2.45) is 5.92 Å². The Balaban J connectivity index is 2.15. The van der Waals surface area contributed by atoms with Gasteiger partial charge in [0.25, 0.3) is 0 Å². The molecule has 0 bridgehead atoms. The third-order valence-corrected chi connectivity index (χ3v) is 5.65. The van der Waals surface area contributed by atoms with Gasteiger partial charge in [0.2, 0.25) is 0 Å². The summed E-state index contributed by atoms with van der Waals surface area (Å²) < 4.78 is 2.25. The number of hydrogen-bond acceptors (Lipinski definition) is 2. The van der Waals surface area contributed by atoms with Gasteiger partial charge in [-0.3, -0.25) is 4.90 Å². The lowest BCUT2D eigenvalue weighted by atomic mass is 10.1. The minimum atomic E-state index is 0.588. The van der Waals surface area contributed by atoms with Crippen LogP contribution in [0.1, 0.15) is 6.92 Å². The van der Waals surface area contributed by atoms with Crippen LogP contribution in [0.5, 0.6) is 0 Å². The van der Waals surface area contributed by atoms with Gasteiger partial charge in [-0.25, -0.2) is 0 Å². The topological polar surface area (TPSA) is 16.5 Å². The van der Waals surface area contributed by atoms with Crippen molar-refractivity contribution in [1.29, 1.82) is 0 Å². The molecule has 3 atom stereocenters. The van der Waals surface area contributed by atoms with Gasteiger partial charge in [-0.15, -0.1) is 0 Å². The lowest BCUT2D eigenvalue weighted by Crippen LogP contribution is -3.05. The average molecular weight is 377 g/mol. The van der Waals surface area contributed by atoms with E-state index >= 15 is 0 Å². The van der Waals surface area contributed by atoms with Gasteiger partial charge in [-0.05, 0) is 22.0 Å². The summed E-state index contributed by atoms with van der Waals surface area (Å²) in [4.78, 5) is 1.45. The van der Waals surface area contributed by atoms with Gasteiger partial charge in [0.15, 0.2) is 11.1 Å². The maximum atomic E-state index is 3.65. The molecule has 2 N–H and O–H groups in total. The third-order valence-electron chi connectivity index (χ3n) is 3.26. The summed E-state index contributed by atoms with van der Waals surface area (Å²) in [5.74, 6) is 0.642. The van der Waals surface area contributed by atoms with Crippen molar-refractivity contribution in [2.45, 2.75) is 12.3 Å². The Hall–Kier alpha value is 0.0300. The van der Waals surface area contributed by atoms with Crippen LogP contribution in [0.25, 0.3) is 0 Å². The van der Waals surface area contributed by atoms with Crippen molar-refractivity contribution in [1.82, 2.24) is 0 Å². The van der Waals surface area contributed by atoms with Crippen molar-refractivity contribution in [2.75, 3.05) is 11.9 Å². The molecule has 0 saturated carbocycles. The van der Waals surface area contributed by atoms with E-state index in [1.165, 1.54) is 16.3 Å². The maximum absolute atomic E-state index is 3.65. The molecular weight excluding hydrogens is 364 g/mol. The molecule has 0 aliphatic carbocycles. The smallest absolute Gasteiger partial charge is 0.162 e. The molecular formula is C12H13Br2N2S+. The Labute approximate surface area is 122 Å². The normalized spacial score (nSPS) is 30.4. The van der Waals surface area contributed by atoms with E-state index in [4.69, 9.17) is 0 Å². The van der Waals surface area contributed by atoms with Gasteiger partial charge in [0.1, 0.15) is 11.9 Å². The fourth-order valence-corrected chi connectivity index (χ4v) is 4.88. The molecule has 2 heterocycles. The summed E-state index contributed by atoms with van der Waals surface area (Å²) in [5, 5.41) is 6.37. The van der Waals surface area contributed by atoms with Crippen molar-refractivity contribution in [3.63, 3.8) is 0 Å². The Bertz CT molecular complexity index is 490. The molecule has 0 aromatic heterocycles. The molecule has 0 saturated heterocycles. The maximum Gasteiger partial charge on any atom is 0.162 e. The first-order valence-electron chi connectivity index (χ1n) is 5.59. The van der Waals surface area contributed by atoms with Gasteiger partial charge < -0.3 is 5.32 Å². The van der Waals surface area contributed by atoms with Crippen LogP contribution in [0.4, 0.5) is 11.4 Å². The van der Waals surface area contributed by atoms with Crippen LogP contribution in [0.15, 0.2) is 32.7 Å². The SMILES string of the molecule is CC1CNc2c(Br)cc(Br)cc2[NH+]2C=CSC12. The molecule has 17 heavy (non-hydrogen) atoms. The molecule has 0 spiro atoms. The van der Waals surface area contributed by atoms with Crippen molar-refractivity contribution < 1.29 is 4.90 Å². The number of anilines is 1. The molecule has 2 nitrogen and oxygen atoms in total. The Morgan fingerprint density at radius 2 is 2.24 bits per heavy atom. The van der Waals surface area contributed by atoms with Crippen molar-refractivity contribution in [3.8, 4) is 0 Å². The second kappa shape index (κ2) is 4.61. The van der Waals surface area contributed by atoms with Crippen molar-refractivity contribution >= 4 is 55.0 Å². The number of hydrogen-bond donors (Lipinski definition) is 2. The van der Waals surface area contributed by atoms with E-state index in [-0.39, 0.29) is 0 Å². The number of thioether (sulfide) groups is 1. The molecule has 2 aliphatic heterocycles. The third kappa shape index (κ3) is 2.07. The summed E-state index contributed by atoms with van der Waals surface area (Å²) in [6.07, 6.45) is 2.26. The second-order valence-electron chi connectivity index (χ2n) is 4.48. The van der Waals surface area contributed by atoms with Crippen LogP contribution in [0, 0.1) is 5.92 Å². The summed E-state index contributed by atoms with van der Waals surface area (Å²) in [6, 6.07) is 4.31. The second-order valence-corrected chi connectivity index (χ2v) is 7.31. The molecule has 1 aromatic carbocycles. The first-order chi connectivity index (χ1) is 8.16. The van der Waals surface area contributed by atoms with Crippen LogP contribution < -0.4 is 10.2 Å². The molecule has 3 rings (SSSR count). The lowest BCUT2D eigenvalue weighted by molar-refractivity contribution is -0.787. The van der Waals surface area contributed by atoms with Crippen molar-refractivity contribution in [3.05, 3.63) is 32.7 Å². The first kappa shape index (κ1) is 12.1. The zero-order chi connectivity index (χ0) is 12.0. The number of nitrogens with one attached hydrogen (secondary N) is 2. The molecule has 5 heteroatoms. The van der Waals surface area contributed by atoms with E-state index in [1.54, 1.807) is 0 Å². The highest BCUT2D eigenvalue weighted by Gasteiger charge is 2.37. The van der Waals surface area contributed by atoms with E-state index in [9.17, 15) is 0 Å². The first-order valence-corrected chi connectivity index (χ1v) is 8.12. The molecule has 2 aliphatic rings. The summed E-state index contributed by atoms with van der Waals surface area (Å²) >= 11 is 9.16. The van der Waals surface area contributed by atoms with E-state index in [2.05, 4.69) is 67.8 Å². The van der Waals surface area contributed by atoms with Gasteiger partial charge in [0.05, 0.1) is 0 Å². The highest BCUT2D eigenvalue weighted by molar-refractivity contribution is 9.11. The quantitative estimate of drug-likeness (QED) is 0.722. The number of benzene rings is 1. The van der Waals surface area contributed by atoms with Crippen LogP contribution in [0.3, 0.4) is 0 Å². The van der Waals surface area contributed by atoms with E-state index < -0.39 is 0 Å². The molecule has 0 amide bonds. The molecule has 1 aromatic rings. The zero-order valence-corrected chi connectivity index (χ0v) is 13.3. The minimum absolute atomic E-state index is 0.588. The predicted molar refractivity (Wildman–Crippen MR) is 80.6 cm³/mol. The molecule has 0 radical (unpaired) electrons. The minimum Gasteiger partial charge on any atom is -0.379 e. The largest absolute Gasteiger partial charge is 0.379 e. The van der Waals surface area contributed by atoms with Crippen LogP contribution in [-0.2, 0) is 0 Å². The van der Waals surface area contributed by atoms with E-state index in [0.717, 1.165) is 15.5 Å². The highest BCUT2D eigenvalue weighted by Crippen LogP contribution is 2.36. The van der Waals surface area contributed by atoms with Gasteiger partial charge in [-0.2, -0.15) is 0 Å². The van der Waals surface area contributed by atoms with E-state index in [0.29, 0.717) is 11.3 Å². The van der Waals surface area contributed by atoms with Crippen LogP contribution in [-0.4, -0.2) is 11.9 Å². The van der Waals surface area contributed by atoms with Gasteiger partial charge in [0, 0.05) is 32.9 Å². The fourth-order valence-electron chi connectivity index (χ4n) is 2.40. The number of halogens is 2. The summed E-state index contributed by atoms with van der Waals surface area (Å²) in [7, 11) is 0. The molecule has 90 valence electrons. The number of rotatable bonds is 0. The Kier molecular flexibility index (Phi) is 3.28. The number of quaternary nitrogens is 1. The van der Waals surface area contributed by atoms with Crippen LogP contribution in [0.2, 0.25) is 0 Å². The molecule has 3 unspecified atom stereocenters.